The predicted octanol–water partition coefficient (Wildman–Crippen LogP) is 3.21. The van der Waals surface area contributed by atoms with Crippen LogP contribution in [-0.4, -0.2) is 151 Å². The molecule has 5 heterocycles. The number of aliphatic hydroxyl groups is 6. The lowest BCUT2D eigenvalue weighted by atomic mass is 9.54. The molecule has 13 bridgehead atoms. The van der Waals surface area contributed by atoms with Crippen molar-refractivity contribution >= 4 is 70.5 Å². The number of carbonyl (C=O) groups excluding carboxylic acids is 8. The van der Waals surface area contributed by atoms with Crippen molar-refractivity contribution in [2.45, 2.75) is 151 Å². The summed E-state index contributed by atoms with van der Waals surface area (Å²) >= 11 is 14.0. The third kappa shape index (κ3) is 15.5. The number of amides is 8. The second-order valence-electron chi connectivity index (χ2n) is 26.8. The number of aromatic hydroxyl groups is 2. The number of nitrogens with one attached hydrogen (secondary N) is 6. The van der Waals surface area contributed by atoms with Gasteiger partial charge in [0.1, 0.15) is 89.5 Å². The molecule has 4 saturated carbocycles. The molecule has 1 saturated heterocycles. The van der Waals surface area contributed by atoms with Crippen molar-refractivity contribution < 1.29 is 103 Å². The van der Waals surface area contributed by atoms with Crippen molar-refractivity contribution in [1.82, 2.24) is 31.9 Å². The van der Waals surface area contributed by atoms with Gasteiger partial charge in [0, 0.05) is 29.7 Å². The Morgan fingerprint density at radius 2 is 1.31 bits per heavy atom. The van der Waals surface area contributed by atoms with Crippen LogP contribution in [0.2, 0.25) is 10.0 Å². The molecule has 18 N–H and O–H groups in total. The first-order valence-electron chi connectivity index (χ1n) is 32.6. The van der Waals surface area contributed by atoms with Gasteiger partial charge in [-0.2, -0.15) is 0 Å². The molecule has 12 unspecified atom stereocenters. The normalized spacial score (nSPS) is 28.9. The molecule has 5 aliphatic heterocycles. The summed E-state index contributed by atoms with van der Waals surface area (Å²) in [5, 5.41) is 106. The number of benzene rings is 5. The first-order valence-corrected chi connectivity index (χ1v) is 33.4. The number of carbonyl (C=O) groups is 8. The number of hydrogen-bond acceptors (Lipinski definition) is 21. The molecule has 100 heavy (non-hydrogen) atoms. The van der Waals surface area contributed by atoms with E-state index in [1.807, 2.05) is 13.8 Å². The van der Waals surface area contributed by atoms with Crippen LogP contribution in [0.5, 0.6) is 46.0 Å². The molecule has 29 nitrogen and oxygen atoms in total. The van der Waals surface area contributed by atoms with Gasteiger partial charge in [-0.25, -0.2) is 0 Å². The Bertz CT molecular complexity index is 4000. The molecular formula is C69H78Cl2N8O21. The van der Waals surface area contributed by atoms with Crippen molar-refractivity contribution in [3.8, 4) is 57.1 Å². The van der Waals surface area contributed by atoms with E-state index in [9.17, 15) is 64.8 Å². The molecule has 4 aliphatic carbocycles. The average molecular weight is 1430 g/mol. The number of hydrogen-bond donors (Lipinski definition) is 16. The maximum atomic E-state index is 15.8. The summed E-state index contributed by atoms with van der Waals surface area (Å²) in [7, 11) is 1.22. The molecule has 5 fully saturated rings. The first kappa shape index (κ1) is 72.2. The zero-order chi connectivity index (χ0) is 71.9. The highest BCUT2D eigenvalue weighted by Crippen LogP contribution is 2.55. The van der Waals surface area contributed by atoms with E-state index >= 15 is 14.4 Å². The Morgan fingerprint density at radius 3 is 1.91 bits per heavy atom. The Morgan fingerprint density at radius 1 is 0.680 bits per heavy atom. The van der Waals surface area contributed by atoms with Crippen LogP contribution in [0.1, 0.15) is 130 Å². The predicted molar refractivity (Wildman–Crippen MR) is 353 cm³/mol. The number of rotatable bonds is 13. The Balaban J connectivity index is 1.11. The molecule has 12 atom stereocenters. The van der Waals surface area contributed by atoms with Crippen LogP contribution in [0.25, 0.3) is 11.1 Å². The highest BCUT2D eigenvalue weighted by Gasteiger charge is 2.50. The van der Waals surface area contributed by atoms with E-state index in [4.69, 9.17) is 58.4 Å². The van der Waals surface area contributed by atoms with E-state index in [1.165, 1.54) is 55.6 Å². The van der Waals surface area contributed by atoms with Gasteiger partial charge in [0.25, 0.3) is 0 Å². The van der Waals surface area contributed by atoms with E-state index in [1.54, 1.807) is 0 Å². The summed E-state index contributed by atoms with van der Waals surface area (Å²) in [4.78, 5) is 116. The first-order chi connectivity index (χ1) is 47.6. The number of fused-ring (bicyclic) bond motifs is 16. The van der Waals surface area contributed by atoms with Gasteiger partial charge < -0.3 is 108 Å². The quantitative estimate of drug-likeness (QED) is 0.0804. The van der Waals surface area contributed by atoms with Crippen LogP contribution < -0.4 is 62.3 Å². The van der Waals surface area contributed by atoms with E-state index in [2.05, 4.69) is 31.9 Å². The van der Waals surface area contributed by atoms with Gasteiger partial charge in [-0.1, -0.05) is 55.2 Å². The van der Waals surface area contributed by atoms with E-state index in [-0.39, 0.29) is 90.9 Å². The SMILES string of the molecule is COc1cc(O)cc2c1-c1cc(ccc1O)C(C(N)=O)NC(=O)C1NC(=O)C(CC(N)=O)NC(=O)C(NC(=O)CCC(C)C)C(O)c3ccc(c(Cl)c3)Oc3cc1cc(c3OC1OC(CO)C(O)C(O)C1O)Oc1ccc(cc1Cl)C(O)CC(=O)NC2C(=O)NC1C2CC3CC(C2)CC1C3. The maximum absolute atomic E-state index is 15.8. The molecule has 5 aromatic rings. The highest BCUT2D eigenvalue weighted by atomic mass is 35.5. The Hall–Kier alpha value is -9.04. The number of methoxy groups -OCH3 is 1. The number of halogens is 2. The van der Waals surface area contributed by atoms with Crippen molar-refractivity contribution in [1.29, 1.82) is 0 Å². The minimum Gasteiger partial charge on any atom is -0.508 e. The second-order valence-corrected chi connectivity index (χ2v) is 27.6. The fraction of sp³-hybridized carbons (Fsp3) is 0.449. The smallest absolute Gasteiger partial charge is 0.248 e. The summed E-state index contributed by atoms with van der Waals surface area (Å²) in [5.41, 5.74) is 10.7. The number of nitrogens with two attached hydrogens (primary N) is 2. The van der Waals surface area contributed by atoms with Crippen molar-refractivity contribution in [2.24, 2.45) is 41.1 Å². The molecule has 8 amide bonds. The summed E-state index contributed by atoms with van der Waals surface area (Å²) in [6, 6.07) is 4.95. The summed E-state index contributed by atoms with van der Waals surface area (Å²) in [6.45, 7) is 2.76. The molecular weight excluding hydrogens is 1350 g/mol. The average Bonchev–Trinajstić information content (AvgIpc) is 0.768. The van der Waals surface area contributed by atoms with Crippen LogP contribution in [0.3, 0.4) is 0 Å². The molecule has 9 aliphatic rings. The summed E-state index contributed by atoms with van der Waals surface area (Å²) < 4.78 is 30.9. The highest BCUT2D eigenvalue weighted by molar-refractivity contribution is 6.32. The minimum absolute atomic E-state index is 0.00138. The fourth-order valence-corrected chi connectivity index (χ4v) is 14.9. The largest absolute Gasteiger partial charge is 0.508 e. The van der Waals surface area contributed by atoms with Crippen LogP contribution >= 0.6 is 23.2 Å². The lowest BCUT2D eigenvalue weighted by Gasteiger charge is -2.54. The van der Waals surface area contributed by atoms with E-state index in [0.29, 0.717) is 18.3 Å². The number of aliphatic hydroxyl groups excluding tert-OH is 6. The van der Waals surface area contributed by atoms with Crippen molar-refractivity contribution in [3.63, 3.8) is 0 Å². The van der Waals surface area contributed by atoms with Crippen LogP contribution in [-0.2, 0) is 43.1 Å². The number of primary amides is 2. The van der Waals surface area contributed by atoms with Gasteiger partial charge >= 0.3 is 0 Å². The number of ether oxygens (including phenoxy) is 5. The second kappa shape index (κ2) is 30.0. The van der Waals surface area contributed by atoms with Gasteiger partial charge in [-0.05, 0) is 151 Å². The topological polar surface area (TPSA) is 469 Å². The van der Waals surface area contributed by atoms with Crippen LogP contribution in [0.4, 0.5) is 0 Å². The number of phenolic OH excluding ortho intramolecular Hbond substituents is 2. The lowest BCUT2D eigenvalue weighted by Crippen LogP contribution is -2.60. The third-order valence-electron chi connectivity index (χ3n) is 19.3. The maximum Gasteiger partial charge on any atom is 0.248 e. The molecule has 14 rings (SSSR count). The zero-order valence-corrected chi connectivity index (χ0v) is 55.8. The van der Waals surface area contributed by atoms with E-state index in [0.717, 1.165) is 62.4 Å². The number of phenols is 2. The molecule has 534 valence electrons. The van der Waals surface area contributed by atoms with Crippen LogP contribution in [0, 0.1) is 29.6 Å². The van der Waals surface area contributed by atoms with Gasteiger partial charge in [0.2, 0.25) is 59.3 Å². The van der Waals surface area contributed by atoms with Gasteiger partial charge in [-0.3, -0.25) is 38.4 Å². The summed E-state index contributed by atoms with van der Waals surface area (Å²) in [6.07, 6.45) is -10.3. The van der Waals surface area contributed by atoms with E-state index < -0.39 is 174 Å². The zero-order valence-electron chi connectivity index (χ0n) is 54.3. The van der Waals surface area contributed by atoms with Crippen molar-refractivity contribution in [2.75, 3.05) is 13.7 Å². The van der Waals surface area contributed by atoms with Gasteiger partial charge in [0.15, 0.2) is 11.5 Å². The summed E-state index contributed by atoms with van der Waals surface area (Å²) in [5.74, 6) is -11.1. The minimum atomic E-state index is -2.24. The van der Waals surface area contributed by atoms with Gasteiger partial charge in [0.05, 0.1) is 42.7 Å². The third-order valence-corrected chi connectivity index (χ3v) is 19.9. The molecule has 0 spiro atoms. The monoisotopic (exact) mass is 1420 g/mol. The molecule has 0 radical (unpaired) electrons. The Labute approximate surface area is 582 Å². The van der Waals surface area contributed by atoms with Crippen molar-refractivity contribution in [3.05, 3.63) is 117 Å². The Kier molecular flexibility index (Phi) is 21.7. The fourth-order valence-electron chi connectivity index (χ4n) is 14.5. The van der Waals surface area contributed by atoms with Gasteiger partial charge in [-0.15, -0.1) is 0 Å². The molecule has 31 heteroatoms. The molecule has 5 aromatic carbocycles. The van der Waals surface area contributed by atoms with Crippen LogP contribution in [0.15, 0.2) is 78.9 Å². The molecule has 0 aromatic heterocycles. The standard InChI is InChI=1S/C69H78Cl2N8O21/c1-27(2)4-11-51(85)75-58-59(87)32-7-10-45(40(71)19-32)98-48-21-35-20-47(63(48)100-69-62(90)61(89)60(88)49(26-80)99-69)97-44-9-6-30(18-39(44)70)43(83)25-52(86)76-57(67(94)77-54-33-13-28-12-29(15-33)16-34(54)14-28)38-22-36(81)23-46(96-3)53(38)37-17-31(5-8-42(37)82)55(64(73)91)78-66(93)56(35)79-65(92)41(24-50(72)84)74-68(58)95/h5-10,17-23,27-29,33-34,41,43,49,54-62,69,80-83,87-90H,4,11-16,24-26H2,1-3H3,(H2,72,84)(H2,73,91)(H,74,95)(H,75,85)(H,76,86)(H,77,94)(H,78,93)(H,79,92). The lowest BCUT2D eigenvalue weighted by molar-refractivity contribution is -0.277.